The molecule has 0 aromatic carbocycles. The van der Waals surface area contributed by atoms with E-state index in [-0.39, 0.29) is 28.9 Å². The van der Waals surface area contributed by atoms with Crippen molar-refractivity contribution in [1.29, 1.82) is 0 Å². The monoisotopic (exact) mass is 260 g/mol. The highest BCUT2D eigenvalue weighted by Gasteiger charge is 2.64. The molecular weight excluding hydrogens is 240 g/mol. The van der Waals surface area contributed by atoms with E-state index in [0.29, 0.717) is 0 Å². The lowest BCUT2D eigenvalue weighted by Crippen LogP contribution is -2.43. The van der Waals surface area contributed by atoms with Crippen LogP contribution in [0, 0.1) is 5.92 Å². The molecule has 102 valence electrons. The first kappa shape index (κ1) is 12.6. The summed E-state index contributed by atoms with van der Waals surface area (Å²) >= 11 is 0. The molecule has 2 saturated heterocycles. The Morgan fingerprint density at radius 2 is 2.16 bits per heavy atom. The maximum absolute atomic E-state index is 12.3. The fourth-order valence-electron chi connectivity index (χ4n) is 4.14. The minimum atomic E-state index is -0.164. The molecule has 4 atom stereocenters. The number of carbonyl (C=O) groups is 1. The first-order valence-corrected chi connectivity index (χ1v) is 6.77. The Labute approximate surface area is 113 Å². The minimum Gasteiger partial charge on any atom is -0.469 e. The van der Waals surface area contributed by atoms with Crippen LogP contribution in [-0.2, 0) is 9.53 Å². The predicted octanol–water partition coefficient (Wildman–Crippen LogP) is 1.87. The van der Waals surface area contributed by atoms with Gasteiger partial charge in [-0.15, -0.1) is 0 Å². The fourth-order valence-corrected chi connectivity index (χ4v) is 4.14. The molecule has 1 N–H and O–H groups in total. The van der Waals surface area contributed by atoms with Crippen LogP contribution < -0.4 is 5.32 Å². The molecule has 2 aliphatic heterocycles. The summed E-state index contributed by atoms with van der Waals surface area (Å²) < 4.78 is 5.05. The zero-order valence-corrected chi connectivity index (χ0v) is 11.6. The van der Waals surface area contributed by atoms with Crippen LogP contribution in [0.4, 0.5) is 0 Å². The van der Waals surface area contributed by atoms with Crippen LogP contribution in [-0.4, -0.2) is 29.1 Å². The largest absolute Gasteiger partial charge is 0.469 e. The third-order valence-electron chi connectivity index (χ3n) is 4.94. The Bertz CT molecular complexity index is 504. The Kier molecular flexibility index (Phi) is 2.68. The van der Waals surface area contributed by atoms with Crippen molar-refractivity contribution in [1.82, 2.24) is 10.3 Å². The van der Waals surface area contributed by atoms with E-state index in [0.717, 1.165) is 18.4 Å². The second-order valence-electron chi connectivity index (χ2n) is 6.22. The van der Waals surface area contributed by atoms with E-state index in [1.807, 2.05) is 12.3 Å². The smallest absolute Gasteiger partial charge is 0.311 e. The molecule has 3 rings (SSSR count). The summed E-state index contributed by atoms with van der Waals surface area (Å²) in [5, 5.41) is 3.67. The predicted molar refractivity (Wildman–Crippen MR) is 71.7 cm³/mol. The minimum absolute atomic E-state index is 0.0450. The van der Waals surface area contributed by atoms with Crippen molar-refractivity contribution in [2.24, 2.45) is 5.92 Å². The van der Waals surface area contributed by atoms with E-state index in [2.05, 4.69) is 30.2 Å². The van der Waals surface area contributed by atoms with E-state index in [9.17, 15) is 4.79 Å². The van der Waals surface area contributed by atoms with Crippen molar-refractivity contribution in [3.63, 3.8) is 0 Å². The van der Waals surface area contributed by atoms with Crippen molar-refractivity contribution in [3.8, 4) is 0 Å². The summed E-state index contributed by atoms with van der Waals surface area (Å²) in [5.41, 5.74) is 0.912. The third-order valence-corrected chi connectivity index (χ3v) is 4.94. The molecule has 0 radical (unpaired) electrons. The van der Waals surface area contributed by atoms with Gasteiger partial charge in [0.05, 0.1) is 13.0 Å². The highest BCUT2D eigenvalue weighted by molar-refractivity contribution is 5.77. The number of hydrogen-bond acceptors (Lipinski definition) is 4. The maximum atomic E-state index is 12.3. The standard InChI is InChI=1S/C15H20N2O2/c1-14-6-7-15(2,17-14)12(13(18)19-3)11(14)10-5-4-8-16-9-10/h4-5,8-9,11-12,17H,6-7H2,1-3H3/t11-,12+,14-,15+/m1/s1. The summed E-state index contributed by atoms with van der Waals surface area (Å²) in [4.78, 5) is 16.5. The summed E-state index contributed by atoms with van der Waals surface area (Å²) in [7, 11) is 1.47. The van der Waals surface area contributed by atoms with Gasteiger partial charge in [-0.05, 0) is 38.3 Å². The number of methoxy groups -OCH3 is 1. The van der Waals surface area contributed by atoms with Crippen LogP contribution in [0.15, 0.2) is 24.5 Å². The fraction of sp³-hybridized carbons (Fsp3) is 0.600. The van der Waals surface area contributed by atoms with Gasteiger partial charge in [-0.2, -0.15) is 0 Å². The Morgan fingerprint density at radius 1 is 1.42 bits per heavy atom. The molecule has 19 heavy (non-hydrogen) atoms. The molecule has 0 spiro atoms. The number of fused-ring (bicyclic) bond motifs is 2. The Balaban J connectivity index is 2.07. The van der Waals surface area contributed by atoms with Gasteiger partial charge in [0.1, 0.15) is 0 Å². The molecule has 2 bridgehead atoms. The van der Waals surface area contributed by atoms with Gasteiger partial charge >= 0.3 is 5.97 Å². The van der Waals surface area contributed by atoms with Gasteiger partial charge in [-0.25, -0.2) is 0 Å². The van der Waals surface area contributed by atoms with Crippen LogP contribution in [0.3, 0.4) is 0 Å². The van der Waals surface area contributed by atoms with Crippen molar-refractivity contribution in [2.45, 2.75) is 43.7 Å². The third kappa shape index (κ3) is 1.70. The highest BCUT2D eigenvalue weighted by Crippen LogP contribution is 2.56. The van der Waals surface area contributed by atoms with Crippen LogP contribution in [0.1, 0.15) is 38.2 Å². The van der Waals surface area contributed by atoms with Crippen molar-refractivity contribution in [3.05, 3.63) is 30.1 Å². The van der Waals surface area contributed by atoms with Crippen molar-refractivity contribution >= 4 is 5.97 Å². The Hall–Kier alpha value is -1.42. The molecule has 1 aromatic heterocycles. The van der Waals surface area contributed by atoms with Gasteiger partial charge in [0.25, 0.3) is 0 Å². The van der Waals surface area contributed by atoms with Crippen molar-refractivity contribution < 1.29 is 9.53 Å². The number of rotatable bonds is 2. The zero-order valence-electron chi connectivity index (χ0n) is 11.6. The second-order valence-corrected chi connectivity index (χ2v) is 6.22. The first-order valence-electron chi connectivity index (χ1n) is 6.77. The number of aromatic nitrogens is 1. The van der Waals surface area contributed by atoms with E-state index in [4.69, 9.17) is 4.74 Å². The molecule has 0 unspecified atom stereocenters. The SMILES string of the molecule is COC(=O)[C@@H]1[C@@H](c2cccnc2)[C@@]2(C)CC[C@]1(C)N2. The number of pyridine rings is 1. The number of nitrogens with zero attached hydrogens (tertiary/aromatic N) is 1. The van der Waals surface area contributed by atoms with Gasteiger partial charge in [0.15, 0.2) is 0 Å². The quantitative estimate of drug-likeness (QED) is 0.825. The number of nitrogens with one attached hydrogen (secondary N) is 1. The number of ether oxygens (including phenoxy) is 1. The van der Waals surface area contributed by atoms with Crippen LogP contribution >= 0.6 is 0 Å². The molecule has 0 saturated carbocycles. The summed E-state index contributed by atoms with van der Waals surface area (Å²) in [6.07, 6.45) is 5.73. The molecular formula is C15H20N2O2. The highest BCUT2D eigenvalue weighted by atomic mass is 16.5. The number of carbonyl (C=O) groups excluding carboxylic acids is 1. The topological polar surface area (TPSA) is 51.2 Å². The normalized spacial score (nSPS) is 40.4. The summed E-state index contributed by atoms with van der Waals surface area (Å²) in [6, 6.07) is 3.99. The van der Waals surface area contributed by atoms with Crippen LogP contribution in [0.2, 0.25) is 0 Å². The van der Waals surface area contributed by atoms with Gasteiger partial charge in [-0.3, -0.25) is 9.78 Å². The molecule has 4 nitrogen and oxygen atoms in total. The second kappa shape index (κ2) is 4.04. The lowest BCUT2D eigenvalue weighted by Gasteiger charge is -2.36. The molecule has 0 amide bonds. The zero-order chi connectivity index (χ0) is 13.7. The lowest BCUT2D eigenvalue weighted by molar-refractivity contribution is -0.148. The maximum Gasteiger partial charge on any atom is 0.311 e. The Morgan fingerprint density at radius 3 is 2.79 bits per heavy atom. The molecule has 2 fully saturated rings. The summed E-state index contributed by atoms with van der Waals surface area (Å²) in [5.74, 6) is -0.125. The van der Waals surface area contributed by atoms with Gasteiger partial charge in [0.2, 0.25) is 0 Å². The summed E-state index contributed by atoms with van der Waals surface area (Å²) in [6.45, 7) is 4.34. The average Bonchev–Trinajstić information content (AvgIpc) is 2.85. The van der Waals surface area contributed by atoms with Gasteiger partial charge in [0, 0.05) is 29.4 Å². The first-order chi connectivity index (χ1) is 9.00. The molecule has 1 aromatic rings. The van der Waals surface area contributed by atoms with Crippen LogP contribution in [0.5, 0.6) is 0 Å². The van der Waals surface area contributed by atoms with E-state index in [1.54, 1.807) is 6.20 Å². The van der Waals surface area contributed by atoms with E-state index < -0.39 is 0 Å². The lowest BCUT2D eigenvalue weighted by atomic mass is 9.65. The average molecular weight is 260 g/mol. The van der Waals surface area contributed by atoms with E-state index in [1.165, 1.54) is 7.11 Å². The molecule has 3 heterocycles. The van der Waals surface area contributed by atoms with E-state index >= 15 is 0 Å². The molecule has 0 aliphatic carbocycles. The van der Waals surface area contributed by atoms with Crippen LogP contribution in [0.25, 0.3) is 0 Å². The van der Waals surface area contributed by atoms with Gasteiger partial charge in [-0.1, -0.05) is 6.07 Å². The number of hydrogen-bond donors (Lipinski definition) is 1. The van der Waals surface area contributed by atoms with Gasteiger partial charge < -0.3 is 10.1 Å². The number of esters is 1. The molecule has 4 heteroatoms. The van der Waals surface area contributed by atoms with Crippen molar-refractivity contribution in [2.75, 3.05) is 7.11 Å². The molecule has 2 aliphatic rings.